The van der Waals surface area contributed by atoms with E-state index in [2.05, 4.69) is 14.9 Å². The molecule has 1 atom stereocenters. The Kier molecular flexibility index (Phi) is 6.40. The Bertz CT molecular complexity index is 562. The lowest BCUT2D eigenvalue weighted by atomic mass is 10.0. The maximum Gasteiger partial charge on any atom is 0.410 e. The molecular weight excluding hydrogens is 328 g/mol. The van der Waals surface area contributed by atoms with E-state index in [0.29, 0.717) is 11.7 Å². The summed E-state index contributed by atoms with van der Waals surface area (Å²) in [4.78, 5) is 24.8. The molecule has 1 amide bonds. The summed E-state index contributed by atoms with van der Waals surface area (Å²) >= 11 is 6.08. The molecule has 1 aromatic heterocycles. The standard InChI is InChI=1S/C17H27ClN4O2/c1-17(2,3)24-16(23)22-10-6-5-7-13(22)11-21(4)12-14-15(18)20-9-8-19-14/h8-9,13H,5-7,10-12H2,1-4H3/t13-/m1/s1. The van der Waals surface area contributed by atoms with Gasteiger partial charge in [-0.25, -0.2) is 9.78 Å². The monoisotopic (exact) mass is 354 g/mol. The Hall–Kier alpha value is -1.40. The summed E-state index contributed by atoms with van der Waals surface area (Å²) in [5.74, 6) is 0. The highest BCUT2D eigenvalue weighted by molar-refractivity contribution is 6.29. The molecule has 7 heteroatoms. The predicted molar refractivity (Wildman–Crippen MR) is 94.0 cm³/mol. The maximum atomic E-state index is 12.5. The quantitative estimate of drug-likeness (QED) is 0.829. The summed E-state index contributed by atoms with van der Waals surface area (Å²) in [5, 5.41) is 0.428. The zero-order valence-electron chi connectivity index (χ0n) is 15.0. The molecule has 1 aliphatic heterocycles. The van der Waals surface area contributed by atoms with E-state index in [1.807, 2.05) is 32.7 Å². The van der Waals surface area contributed by atoms with Crippen molar-refractivity contribution in [1.82, 2.24) is 19.8 Å². The maximum absolute atomic E-state index is 12.5. The number of amides is 1. The van der Waals surface area contributed by atoms with Gasteiger partial charge in [0.25, 0.3) is 0 Å². The molecular formula is C17H27ClN4O2. The molecule has 1 aliphatic rings. The van der Waals surface area contributed by atoms with Crippen molar-refractivity contribution in [3.8, 4) is 0 Å². The molecule has 2 heterocycles. The molecule has 0 spiro atoms. The second kappa shape index (κ2) is 8.12. The van der Waals surface area contributed by atoms with Gasteiger partial charge in [-0.3, -0.25) is 9.88 Å². The first kappa shape index (κ1) is 18.9. The molecule has 24 heavy (non-hydrogen) atoms. The third kappa shape index (κ3) is 5.60. The van der Waals surface area contributed by atoms with Gasteiger partial charge in [-0.2, -0.15) is 0 Å². The Morgan fingerprint density at radius 1 is 1.38 bits per heavy atom. The van der Waals surface area contributed by atoms with E-state index in [1.54, 1.807) is 12.4 Å². The van der Waals surface area contributed by atoms with Crippen molar-refractivity contribution in [2.45, 2.75) is 58.2 Å². The van der Waals surface area contributed by atoms with Gasteiger partial charge in [0.1, 0.15) is 5.60 Å². The van der Waals surface area contributed by atoms with Crippen molar-refractivity contribution < 1.29 is 9.53 Å². The number of nitrogens with zero attached hydrogens (tertiary/aromatic N) is 4. The molecule has 6 nitrogen and oxygen atoms in total. The highest BCUT2D eigenvalue weighted by Crippen LogP contribution is 2.21. The summed E-state index contributed by atoms with van der Waals surface area (Å²) in [5.41, 5.74) is 0.277. The molecule has 0 aliphatic carbocycles. The third-order valence-electron chi connectivity index (χ3n) is 3.92. The van der Waals surface area contributed by atoms with Gasteiger partial charge in [0.05, 0.1) is 5.69 Å². The number of piperidine rings is 1. The van der Waals surface area contributed by atoms with Gasteiger partial charge in [0.15, 0.2) is 5.15 Å². The normalized spacial score (nSPS) is 18.8. The Balaban J connectivity index is 1.97. The number of carbonyl (C=O) groups excluding carboxylic acids is 1. The average molecular weight is 355 g/mol. The zero-order chi connectivity index (χ0) is 17.7. The number of aromatic nitrogens is 2. The van der Waals surface area contributed by atoms with Gasteiger partial charge in [0, 0.05) is 38.1 Å². The van der Waals surface area contributed by atoms with Crippen molar-refractivity contribution in [3.05, 3.63) is 23.2 Å². The third-order valence-corrected chi connectivity index (χ3v) is 4.24. The van der Waals surface area contributed by atoms with Crippen LogP contribution in [-0.4, -0.2) is 57.6 Å². The van der Waals surface area contributed by atoms with E-state index in [-0.39, 0.29) is 12.1 Å². The van der Waals surface area contributed by atoms with Crippen molar-refractivity contribution in [3.63, 3.8) is 0 Å². The van der Waals surface area contributed by atoms with Crippen LogP contribution in [0.15, 0.2) is 12.4 Å². The fraction of sp³-hybridized carbons (Fsp3) is 0.706. The molecule has 0 saturated carbocycles. The smallest absolute Gasteiger partial charge is 0.410 e. The number of hydrogen-bond donors (Lipinski definition) is 0. The van der Waals surface area contributed by atoms with Crippen LogP contribution in [0.25, 0.3) is 0 Å². The van der Waals surface area contributed by atoms with Gasteiger partial charge in [-0.05, 0) is 47.1 Å². The van der Waals surface area contributed by atoms with Crippen LogP contribution < -0.4 is 0 Å². The molecule has 1 saturated heterocycles. The van der Waals surface area contributed by atoms with Crippen LogP contribution in [0, 0.1) is 0 Å². The highest BCUT2D eigenvalue weighted by Gasteiger charge is 2.31. The number of hydrogen-bond acceptors (Lipinski definition) is 5. The van der Waals surface area contributed by atoms with Crippen molar-refractivity contribution >= 4 is 17.7 Å². The minimum atomic E-state index is -0.474. The van der Waals surface area contributed by atoms with Crippen LogP contribution in [-0.2, 0) is 11.3 Å². The average Bonchev–Trinajstić information content (AvgIpc) is 2.48. The summed E-state index contributed by atoms with van der Waals surface area (Å²) < 4.78 is 5.55. The minimum absolute atomic E-state index is 0.147. The van der Waals surface area contributed by atoms with Crippen molar-refractivity contribution in [1.29, 1.82) is 0 Å². The number of likely N-dealkylation sites (tertiary alicyclic amines) is 1. The van der Waals surface area contributed by atoms with Crippen LogP contribution >= 0.6 is 11.6 Å². The molecule has 134 valence electrons. The largest absolute Gasteiger partial charge is 0.444 e. The lowest BCUT2D eigenvalue weighted by Crippen LogP contribution is -2.50. The van der Waals surface area contributed by atoms with E-state index in [0.717, 1.165) is 38.0 Å². The van der Waals surface area contributed by atoms with Crippen LogP contribution in [0.2, 0.25) is 5.15 Å². The Morgan fingerprint density at radius 3 is 2.75 bits per heavy atom. The first-order valence-corrected chi connectivity index (χ1v) is 8.77. The summed E-state index contributed by atoms with van der Waals surface area (Å²) in [6.07, 6.45) is 6.13. The number of ether oxygens (including phenoxy) is 1. The van der Waals surface area contributed by atoms with Crippen LogP contribution in [0.3, 0.4) is 0 Å². The van der Waals surface area contributed by atoms with Gasteiger partial charge < -0.3 is 9.64 Å². The molecule has 1 aromatic rings. The van der Waals surface area contributed by atoms with Crippen LogP contribution in [0.1, 0.15) is 45.7 Å². The molecule has 0 unspecified atom stereocenters. The summed E-state index contributed by atoms with van der Waals surface area (Å²) in [6.45, 7) is 7.79. The second-order valence-electron chi connectivity index (χ2n) is 7.31. The molecule has 0 bridgehead atoms. The van der Waals surface area contributed by atoms with Gasteiger partial charge in [0.2, 0.25) is 0 Å². The molecule has 0 N–H and O–H groups in total. The Morgan fingerprint density at radius 2 is 2.08 bits per heavy atom. The van der Waals surface area contributed by atoms with E-state index in [4.69, 9.17) is 16.3 Å². The summed E-state index contributed by atoms with van der Waals surface area (Å²) in [7, 11) is 2.01. The zero-order valence-corrected chi connectivity index (χ0v) is 15.7. The highest BCUT2D eigenvalue weighted by atomic mass is 35.5. The predicted octanol–water partition coefficient (Wildman–Crippen LogP) is 3.35. The molecule has 2 rings (SSSR count). The number of rotatable bonds is 4. The van der Waals surface area contributed by atoms with Gasteiger partial charge in [-0.1, -0.05) is 11.6 Å². The lowest BCUT2D eigenvalue weighted by molar-refractivity contribution is 0.00583. The lowest BCUT2D eigenvalue weighted by Gasteiger charge is -2.38. The fourth-order valence-corrected chi connectivity index (χ4v) is 3.05. The van der Waals surface area contributed by atoms with E-state index in [1.165, 1.54) is 0 Å². The van der Waals surface area contributed by atoms with E-state index in [9.17, 15) is 4.79 Å². The molecule has 1 fully saturated rings. The first-order chi connectivity index (χ1) is 11.3. The van der Waals surface area contributed by atoms with Gasteiger partial charge >= 0.3 is 6.09 Å². The topological polar surface area (TPSA) is 58.6 Å². The number of carbonyl (C=O) groups is 1. The van der Waals surface area contributed by atoms with E-state index >= 15 is 0 Å². The Labute approximate surface area is 149 Å². The molecule has 0 radical (unpaired) electrons. The van der Waals surface area contributed by atoms with Crippen LogP contribution in [0.5, 0.6) is 0 Å². The number of likely N-dealkylation sites (N-methyl/N-ethyl adjacent to an activating group) is 1. The second-order valence-corrected chi connectivity index (χ2v) is 7.67. The SMILES string of the molecule is CN(Cc1nccnc1Cl)C[C@H]1CCCCN1C(=O)OC(C)(C)C. The molecule has 0 aromatic carbocycles. The van der Waals surface area contributed by atoms with E-state index < -0.39 is 5.60 Å². The fourth-order valence-electron chi connectivity index (χ4n) is 2.89. The van der Waals surface area contributed by atoms with Crippen molar-refractivity contribution in [2.75, 3.05) is 20.1 Å². The number of halogens is 1. The van der Waals surface area contributed by atoms with Crippen molar-refractivity contribution in [2.24, 2.45) is 0 Å². The first-order valence-electron chi connectivity index (χ1n) is 8.40. The van der Waals surface area contributed by atoms with Gasteiger partial charge in [-0.15, -0.1) is 0 Å². The summed E-state index contributed by atoms with van der Waals surface area (Å²) in [6, 6.07) is 0.147. The van der Waals surface area contributed by atoms with Crippen LogP contribution in [0.4, 0.5) is 4.79 Å². The minimum Gasteiger partial charge on any atom is -0.444 e.